The highest BCUT2D eigenvalue weighted by Crippen LogP contribution is 2.39. The van der Waals surface area contributed by atoms with Crippen LogP contribution in [-0.2, 0) is 4.74 Å². The lowest BCUT2D eigenvalue weighted by molar-refractivity contribution is 0.0521. The Kier molecular flexibility index (Phi) is 4.12. The van der Waals surface area contributed by atoms with Crippen LogP contribution in [0.15, 0.2) is 36.5 Å². The molecule has 0 bridgehead atoms. The summed E-state index contributed by atoms with van der Waals surface area (Å²) in [4.78, 5) is 30.7. The number of ketones is 2. The van der Waals surface area contributed by atoms with Gasteiger partial charge in [0.25, 0.3) is 0 Å². The second-order valence-corrected chi connectivity index (χ2v) is 6.30. The summed E-state index contributed by atoms with van der Waals surface area (Å²) in [5, 5.41) is 1.29. The predicted octanol–water partition coefficient (Wildman–Crippen LogP) is 3.31. The minimum Gasteiger partial charge on any atom is -0.496 e. The van der Waals surface area contributed by atoms with Crippen molar-refractivity contribution < 1.29 is 23.8 Å². The molecule has 0 fully saturated rings. The summed E-state index contributed by atoms with van der Waals surface area (Å²) < 4.78 is 16.0. The SMILES string of the molecule is COCOc1cc(C)cc2cnc3c(c12)C(=O)c1cccc(OC)c1C3=O. The summed E-state index contributed by atoms with van der Waals surface area (Å²) in [7, 11) is 2.99. The molecule has 1 heterocycles. The number of rotatable bonds is 4. The van der Waals surface area contributed by atoms with Gasteiger partial charge in [-0.25, -0.2) is 0 Å². The Balaban J connectivity index is 2.04. The molecular weight excluding hydrogens is 346 g/mol. The zero-order chi connectivity index (χ0) is 19.1. The van der Waals surface area contributed by atoms with Crippen LogP contribution < -0.4 is 9.47 Å². The molecule has 0 unspecified atom stereocenters. The highest BCUT2D eigenvalue weighted by atomic mass is 16.7. The summed E-state index contributed by atoms with van der Waals surface area (Å²) in [5.74, 6) is 0.232. The Bertz CT molecular complexity index is 1100. The molecule has 0 radical (unpaired) electrons. The summed E-state index contributed by atoms with van der Waals surface area (Å²) >= 11 is 0. The van der Waals surface area contributed by atoms with Crippen LogP contribution in [0.25, 0.3) is 10.8 Å². The molecule has 0 saturated carbocycles. The molecule has 6 nitrogen and oxygen atoms in total. The molecule has 136 valence electrons. The zero-order valence-corrected chi connectivity index (χ0v) is 15.2. The molecular formula is C21H17NO5. The zero-order valence-electron chi connectivity index (χ0n) is 15.2. The summed E-state index contributed by atoms with van der Waals surface area (Å²) in [6.07, 6.45) is 1.59. The van der Waals surface area contributed by atoms with Crippen molar-refractivity contribution in [3.63, 3.8) is 0 Å². The first-order chi connectivity index (χ1) is 13.1. The molecule has 6 heteroatoms. The topological polar surface area (TPSA) is 74.7 Å². The van der Waals surface area contributed by atoms with E-state index in [4.69, 9.17) is 14.2 Å². The molecule has 0 aliphatic heterocycles. The molecule has 27 heavy (non-hydrogen) atoms. The van der Waals surface area contributed by atoms with Crippen molar-refractivity contribution in [2.24, 2.45) is 0 Å². The average molecular weight is 363 g/mol. The van der Waals surface area contributed by atoms with Gasteiger partial charge in [0.1, 0.15) is 17.2 Å². The first-order valence-electron chi connectivity index (χ1n) is 8.38. The van der Waals surface area contributed by atoms with Gasteiger partial charge in [-0.3, -0.25) is 14.6 Å². The van der Waals surface area contributed by atoms with Gasteiger partial charge in [0, 0.05) is 29.6 Å². The molecule has 0 amide bonds. The van der Waals surface area contributed by atoms with Crippen molar-refractivity contribution in [3.8, 4) is 11.5 Å². The number of benzene rings is 2. The van der Waals surface area contributed by atoms with Gasteiger partial charge in [0.15, 0.2) is 12.6 Å². The third-order valence-corrected chi connectivity index (χ3v) is 4.59. The number of hydrogen-bond acceptors (Lipinski definition) is 6. The van der Waals surface area contributed by atoms with Gasteiger partial charge in [0.2, 0.25) is 5.78 Å². The van der Waals surface area contributed by atoms with E-state index in [1.54, 1.807) is 24.4 Å². The molecule has 0 N–H and O–H groups in total. The van der Waals surface area contributed by atoms with Gasteiger partial charge in [-0.05, 0) is 30.7 Å². The van der Waals surface area contributed by atoms with E-state index in [2.05, 4.69) is 4.98 Å². The Morgan fingerprint density at radius 2 is 1.81 bits per heavy atom. The van der Waals surface area contributed by atoms with Crippen LogP contribution in [0.1, 0.15) is 37.5 Å². The fourth-order valence-corrected chi connectivity index (χ4v) is 3.47. The number of carbonyl (C=O) groups is 2. The average Bonchev–Trinajstić information content (AvgIpc) is 2.68. The molecule has 0 spiro atoms. The molecule has 4 rings (SSSR count). The van der Waals surface area contributed by atoms with E-state index in [-0.39, 0.29) is 35.2 Å². The van der Waals surface area contributed by atoms with Crippen LogP contribution >= 0.6 is 0 Å². The maximum absolute atomic E-state index is 13.3. The summed E-state index contributed by atoms with van der Waals surface area (Å²) in [6.45, 7) is 1.95. The van der Waals surface area contributed by atoms with Crippen molar-refractivity contribution in [1.82, 2.24) is 4.98 Å². The van der Waals surface area contributed by atoms with Gasteiger partial charge < -0.3 is 14.2 Å². The number of nitrogens with zero attached hydrogens (tertiary/aromatic N) is 1. The Hall–Kier alpha value is -3.25. The highest BCUT2D eigenvalue weighted by molar-refractivity contribution is 6.32. The molecule has 3 aromatic rings. The number of carbonyl (C=O) groups excluding carboxylic acids is 2. The fraction of sp³-hybridized carbons (Fsp3) is 0.190. The molecule has 0 saturated heterocycles. The van der Waals surface area contributed by atoms with E-state index in [1.165, 1.54) is 14.2 Å². The smallest absolute Gasteiger partial charge is 0.216 e. The van der Waals surface area contributed by atoms with Crippen LogP contribution in [0.3, 0.4) is 0 Å². The maximum atomic E-state index is 13.3. The first kappa shape index (κ1) is 17.2. The lowest BCUT2D eigenvalue weighted by Crippen LogP contribution is -2.23. The van der Waals surface area contributed by atoms with Crippen LogP contribution in [0.2, 0.25) is 0 Å². The van der Waals surface area contributed by atoms with Crippen molar-refractivity contribution in [2.75, 3.05) is 21.0 Å². The number of hydrogen-bond donors (Lipinski definition) is 0. The third kappa shape index (κ3) is 2.57. The van der Waals surface area contributed by atoms with Crippen LogP contribution in [0.5, 0.6) is 11.5 Å². The standard InChI is InChI=1S/C21H17NO5/c1-11-7-12-9-22-19-18(16(12)15(8-11)27-10-25-2)20(23)13-5-4-6-14(26-3)17(13)21(19)24/h4-9H,10H2,1-3H3. The van der Waals surface area contributed by atoms with Crippen LogP contribution in [-0.4, -0.2) is 37.6 Å². The monoisotopic (exact) mass is 363 g/mol. The van der Waals surface area contributed by atoms with Gasteiger partial charge in [-0.2, -0.15) is 0 Å². The minimum absolute atomic E-state index is 0.0300. The second-order valence-electron chi connectivity index (χ2n) is 6.30. The molecule has 0 atom stereocenters. The van der Waals surface area contributed by atoms with Crippen molar-refractivity contribution >= 4 is 22.3 Å². The third-order valence-electron chi connectivity index (χ3n) is 4.59. The lowest BCUT2D eigenvalue weighted by atomic mass is 9.84. The molecule has 2 aromatic carbocycles. The largest absolute Gasteiger partial charge is 0.496 e. The number of fused-ring (bicyclic) bond motifs is 4. The van der Waals surface area contributed by atoms with Gasteiger partial charge in [-0.1, -0.05) is 12.1 Å². The Morgan fingerprint density at radius 3 is 2.56 bits per heavy atom. The second kappa shape index (κ2) is 6.48. The van der Waals surface area contributed by atoms with Gasteiger partial charge in [-0.15, -0.1) is 0 Å². The maximum Gasteiger partial charge on any atom is 0.216 e. The number of pyridine rings is 1. The van der Waals surface area contributed by atoms with E-state index >= 15 is 0 Å². The Morgan fingerprint density at radius 1 is 1.00 bits per heavy atom. The fourth-order valence-electron chi connectivity index (χ4n) is 3.47. The van der Waals surface area contributed by atoms with E-state index in [9.17, 15) is 9.59 Å². The molecule has 1 aliphatic rings. The predicted molar refractivity (Wildman–Crippen MR) is 98.8 cm³/mol. The molecule has 1 aliphatic carbocycles. The Labute approximate surface area is 155 Å². The van der Waals surface area contributed by atoms with Gasteiger partial charge in [0.05, 0.1) is 18.2 Å². The van der Waals surface area contributed by atoms with E-state index < -0.39 is 0 Å². The highest BCUT2D eigenvalue weighted by Gasteiger charge is 2.35. The summed E-state index contributed by atoms with van der Waals surface area (Å²) in [6, 6.07) is 8.71. The van der Waals surface area contributed by atoms with Crippen molar-refractivity contribution in [3.05, 3.63) is 64.5 Å². The molecule has 1 aromatic heterocycles. The number of methoxy groups -OCH3 is 2. The first-order valence-corrected chi connectivity index (χ1v) is 8.38. The van der Waals surface area contributed by atoms with E-state index in [0.29, 0.717) is 22.4 Å². The van der Waals surface area contributed by atoms with Crippen molar-refractivity contribution in [2.45, 2.75) is 6.92 Å². The quantitative estimate of drug-likeness (QED) is 0.518. The number of aryl methyl sites for hydroxylation is 1. The van der Waals surface area contributed by atoms with Gasteiger partial charge >= 0.3 is 0 Å². The number of aromatic nitrogens is 1. The minimum atomic E-state index is -0.336. The van der Waals surface area contributed by atoms with Crippen LogP contribution in [0.4, 0.5) is 0 Å². The van der Waals surface area contributed by atoms with Crippen LogP contribution in [0, 0.1) is 6.92 Å². The normalized spacial score (nSPS) is 12.7. The lowest BCUT2D eigenvalue weighted by Gasteiger charge is -2.21. The number of ether oxygens (including phenoxy) is 3. The van der Waals surface area contributed by atoms with Crippen molar-refractivity contribution in [1.29, 1.82) is 0 Å². The summed E-state index contributed by atoms with van der Waals surface area (Å²) in [5.41, 5.74) is 1.86. The van der Waals surface area contributed by atoms with E-state index in [1.807, 2.05) is 19.1 Å². The van der Waals surface area contributed by atoms with E-state index in [0.717, 1.165) is 10.9 Å².